The minimum Gasteiger partial charge on any atom is -0.457 e. The fourth-order valence-corrected chi connectivity index (χ4v) is 2.90. The van der Waals surface area contributed by atoms with Crippen molar-refractivity contribution in [2.45, 2.75) is 19.4 Å². The zero-order valence-corrected chi connectivity index (χ0v) is 16.9. The summed E-state index contributed by atoms with van der Waals surface area (Å²) in [6.07, 6.45) is 2.85. The van der Waals surface area contributed by atoms with Crippen LogP contribution in [0.4, 0.5) is 4.39 Å². The number of halogens is 3. The van der Waals surface area contributed by atoms with Crippen molar-refractivity contribution in [3.05, 3.63) is 54.1 Å². The monoisotopic (exact) mass is 431 g/mol. The number of carbonyl (C=O) groups is 1. The number of hydrogen-bond acceptors (Lipinski definition) is 5. The Balaban J connectivity index is 0.00000196. The van der Waals surface area contributed by atoms with E-state index in [4.69, 9.17) is 15.2 Å². The molecule has 3 N–H and O–H groups in total. The van der Waals surface area contributed by atoms with Crippen LogP contribution in [0, 0.1) is 11.2 Å². The molecular formula is C19H24Cl2FN3O3. The van der Waals surface area contributed by atoms with E-state index in [1.165, 1.54) is 12.1 Å². The summed E-state index contributed by atoms with van der Waals surface area (Å²) in [6, 6.07) is 9.20. The second kappa shape index (κ2) is 11.2. The Hall–Kier alpha value is -1.93. The van der Waals surface area contributed by atoms with Crippen LogP contribution in [0.3, 0.4) is 0 Å². The molecule has 2 heterocycles. The maximum absolute atomic E-state index is 13.0. The van der Waals surface area contributed by atoms with Crippen LogP contribution in [0.15, 0.2) is 42.6 Å². The lowest BCUT2D eigenvalue weighted by Crippen LogP contribution is -2.49. The summed E-state index contributed by atoms with van der Waals surface area (Å²) < 4.78 is 24.0. The lowest BCUT2D eigenvalue weighted by Gasteiger charge is -2.34. The van der Waals surface area contributed by atoms with E-state index in [-0.39, 0.29) is 43.1 Å². The summed E-state index contributed by atoms with van der Waals surface area (Å²) in [4.78, 5) is 16.8. The van der Waals surface area contributed by atoms with Crippen molar-refractivity contribution < 1.29 is 18.7 Å². The van der Waals surface area contributed by atoms with Crippen LogP contribution in [0.5, 0.6) is 11.5 Å². The summed E-state index contributed by atoms with van der Waals surface area (Å²) in [5, 5.41) is 2.92. The van der Waals surface area contributed by atoms with Gasteiger partial charge in [-0.15, -0.1) is 24.8 Å². The molecule has 0 radical (unpaired) electrons. The van der Waals surface area contributed by atoms with Gasteiger partial charge < -0.3 is 20.5 Å². The van der Waals surface area contributed by atoms with Crippen LogP contribution in [0.1, 0.15) is 18.5 Å². The Morgan fingerprint density at radius 3 is 2.50 bits per heavy atom. The molecule has 0 aliphatic carbocycles. The van der Waals surface area contributed by atoms with Gasteiger partial charge >= 0.3 is 0 Å². The summed E-state index contributed by atoms with van der Waals surface area (Å²) in [5.41, 5.74) is 5.95. The number of carbonyl (C=O) groups excluding carboxylic acids is 1. The maximum atomic E-state index is 13.0. The zero-order valence-electron chi connectivity index (χ0n) is 15.2. The van der Waals surface area contributed by atoms with Gasteiger partial charge in [-0.25, -0.2) is 4.39 Å². The highest BCUT2D eigenvalue weighted by atomic mass is 35.5. The van der Waals surface area contributed by atoms with E-state index in [2.05, 4.69) is 10.3 Å². The third kappa shape index (κ3) is 6.04. The molecule has 3 rings (SSSR count). The van der Waals surface area contributed by atoms with Crippen LogP contribution >= 0.6 is 24.8 Å². The number of hydrogen-bond donors (Lipinski definition) is 2. The summed E-state index contributed by atoms with van der Waals surface area (Å²) in [6.45, 7) is 1.67. The Morgan fingerprint density at radius 2 is 1.86 bits per heavy atom. The highest BCUT2D eigenvalue weighted by Gasteiger charge is 2.38. The number of aromatic nitrogens is 1. The van der Waals surface area contributed by atoms with Gasteiger partial charge in [0, 0.05) is 32.0 Å². The second-order valence-corrected chi connectivity index (χ2v) is 6.32. The molecule has 154 valence electrons. The zero-order chi connectivity index (χ0) is 18.4. The van der Waals surface area contributed by atoms with Crippen molar-refractivity contribution in [3.63, 3.8) is 0 Å². The molecule has 0 atom stereocenters. The van der Waals surface area contributed by atoms with E-state index in [9.17, 15) is 9.18 Å². The predicted molar refractivity (Wildman–Crippen MR) is 109 cm³/mol. The molecule has 0 spiro atoms. The first kappa shape index (κ1) is 24.1. The lowest BCUT2D eigenvalue weighted by atomic mass is 9.79. The van der Waals surface area contributed by atoms with E-state index < -0.39 is 5.41 Å². The number of ether oxygens (including phenoxy) is 2. The van der Waals surface area contributed by atoms with Gasteiger partial charge in [-0.1, -0.05) is 0 Å². The molecule has 9 heteroatoms. The average molecular weight is 432 g/mol. The van der Waals surface area contributed by atoms with E-state index in [0.29, 0.717) is 49.8 Å². The molecule has 0 bridgehead atoms. The molecular weight excluding hydrogens is 408 g/mol. The Morgan fingerprint density at radius 1 is 1.18 bits per heavy atom. The summed E-state index contributed by atoms with van der Waals surface area (Å²) in [7, 11) is 0. The number of nitrogens with two attached hydrogens (primary N) is 1. The minimum atomic E-state index is -0.569. The van der Waals surface area contributed by atoms with Gasteiger partial charge in [0.15, 0.2) is 0 Å². The number of benzene rings is 1. The van der Waals surface area contributed by atoms with Gasteiger partial charge in [0.1, 0.15) is 17.3 Å². The second-order valence-electron chi connectivity index (χ2n) is 6.32. The van der Waals surface area contributed by atoms with E-state index in [1.807, 2.05) is 0 Å². The predicted octanol–water partition coefficient (Wildman–Crippen LogP) is 3.23. The van der Waals surface area contributed by atoms with Crippen molar-refractivity contribution in [1.29, 1.82) is 0 Å². The van der Waals surface area contributed by atoms with Crippen LogP contribution in [-0.2, 0) is 16.1 Å². The fourth-order valence-electron chi connectivity index (χ4n) is 2.90. The molecule has 2 aromatic rings. The molecule has 0 saturated carbocycles. The molecule has 28 heavy (non-hydrogen) atoms. The fraction of sp³-hybridized carbons (Fsp3) is 0.368. The standard InChI is InChI=1S/C19H22FN3O3.2ClH/c20-14-1-3-16(4-2-14)26-17-5-8-22-15(11-17)12-23-18(24)19(13-21)6-9-25-10-7-19;;/h1-5,8,11H,6-7,9-10,12-13,21H2,(H,23,24);2*1H. The van der Waals surface area contributed by atoms with E-state index >= 15 is 0 Å². The number of rotatable bonds is 6. The van der Waals surface area contributed by atoms with Gasteiger partial charge in [-0.3, -0.25) is 9.78 Å². The number of nitrogens with zero attached hydrogens (tertiary/aromatic N) is 1. The van der Waals surface area contributed by atoms with Gasteiger partial charge in [-0.2, -0.15) is 0 Å². The first-order chi connectivity index (χ1) is 12.6. The van der Waals surface area contributed by atoms with Gasteiger partial charge in [0.25, 0.3) is 0 Å². The van der Waals surface area contributed by atoms with Crippen LogP contribution in [0.2, 0.25) is 0 Å². The summed E-state index contributed by atoms with van der Waals surface area (Å²) in [5.74, 6) is 0.694. The number of amides is 1. The molecule has 1 saturated heterocycles. The van der Waals surface area contributed by atoms with E-state index in [1.54, 1.807) is 30.5 Å². The molecule has 6 nitrogen and oxygen atoms in total. The van der Waals surface area contributed by atoms with Gasteiger partial charge in [-0.05, 0) is 43.2 Å². The largest absolute Gasteiger partial charge is 0.457 e. The number of pyridine rings is 1. The molecule has 0 unspecified atom stereocenters. The van der Waals surface area contributed by atoms with Crippen molar-refractivity contribution in [1.82, 2.24) is 10.3 Å². The topological polar surface area (TPSA) is 86.5 Å². The third-order valence-corrected chi connectivity index (χ3v) is 4.59. The minimum absolute atomic E-state index is 0. The Labute approximate surface area is 175 Å². The van der Waals surface area contributed by atoms with E-state index in [0.717, 1.165) is 0 Å². The first-order valence-electron chi connectivity index (χ1n) is 8.56. The normalized spacial score (nSPS) is 14.9. The Kier molecular flexibility index (Phi) is 9.61. The van der Waals surface area contributed by atoms with Gasteiger partial charge in [0.2, 0.25) is 5.91 Å². The lowest BCUT2D eigenvalue weighted by molar-refractivity contribution is -0.136. The molecule has 1 aromatic heterocycles. The maximum Gasteiger partial charge on any atom is 0.227 e. The van der Waals surface area contributed by atoms with Crippen LogP contribution in [-0.4, -0.2) is 30.6 Å². The molecule has 1 aliphatic rings. The first-order valence-corrected chi connectivity index (χ1v) is 8.56. The van der Waals surface area contributed by atoms with Gasteiger partial charge in [0.05, 0.1) is 17.7 Å². The molecule has 1 aromatic carbocycles. The number of nitrogens with one attached hydrogen (secondary N) is 1. The van der Waals surface area contributed by atoms with Crippen molar-refractivity contribution in [2.75, 3.05) is 19.8 Å². The van der Waals surface area contributed by atoms with Crippen LogP contribution in [0.25, 0.3) is 0 Å². The van der Waals surface area contributed by atoms with Crippen LogP contribution < -0.4 is 15.8 Å². The SMILES string of the molecule is Cl.Cl.NCC1(C(=O)NCc2cc(Oc3ccc(F)cc3)ccn2)CCOCC1. The molecule has 1 aliphatic heterocycles. The highest BCUT2D eigenvalue weighted by molar-refractivity contribution is 5.85. The smallest absolute Gasteiger partial charge is 0.227 e. The van der Waals surface area contributed by atoms with Crippen molar-refractivity contribution in [3.8, 4) is 11.5 Å². The quantitative estimate of drug-likeness (QED) is 0.732. The Bertz CT molecular complexity index is 756. The molecule has 1 fully saturated rings. The summed E-state index contributed by atoms with van der Waals surface area (Å²) >= 11 is 0. The molecule has 1 amide bonds. The average Bonchev–Trinajstić information content (AvgIpc) is 2.69. The third-order valence-electron chi connectivity index (χ3n) is 4.59. The van der Waals surface area contributed by atoms with Crippen molar-refractivity contribution in [2.24, 2.45) is 11.1 Å². The van der Waals surface area contributed by atoms with Crippen molar-refractivity contribution >= 4 is 30.7 Å². The highest BCUT2D eigenvalue weighted by Crippen LogP contribution is 2.29.